The van der Waals surface area contributed by atoms with Gasteiger partial charge in [0.1, 0.15) is 9.88 Å². The Hall–Kier alpha value is -0.920. The molecule has 5 N–H and O–H groups in total. The van der Waals surface area contributed by atoms with Gasteiger partial charge >= 0.3 is 0 Å². The van der Waals surface area contributed by atoms with Gasteiger partial charge in [0, 0.05) is 19.1 Å². The lowest BCUT2D eigenvalue weighted by Crippen LogP contribution is -2.20. The molecule has 5 nitrogen and oxygen atoms in total. The monoisotopic (exact) mass is 301 g/mol. The van der Waals surface area contributed by atoms with Crippen LogP contribution in [0.15, 0.2) is 4.90 Å². The lowest BCUT2D eigenvalue weighted by atomic mass is 10.0. The molecule has 1 aliphatic heterocycles. The van der Waals surface area contributed by atoms with Crippen molar-refractivity contribution in [2.24, 2.45) is 11.7 Å². The summed E-state index contributed by atoms with van der Waals surface area (Å²) in [6, 6.07) is 0. The van der Waals surface area contributed by atoms with E-state index in [-0.39, 0.29) is 6.10 Å². The van der Waals surface area contributed by atoms with Crippen molar-refractivity contribution in [1.29, 1.82) is 0 Å². The van der Waals surface area contributed by atoms with E-state index in [0.29, 0.717) is 16.5 Å². The molecule has 19 heavy (non-hydrogen) atoms. The average molecular weight is 301 g/mol. The number of thioether (sulfide) groups is 1. The highest BCUT2D eigenvalue weighted by atomic mass is 32.2. The van der Waals surface area contributed by atoms with Crippen LogP contribution >= 0.6 is 23.1 Å². The largest absolute Gasteiger partial charge is 0.396 e. The highest BCUT2D eigenvalue weighted by Crippen LogP contribution is 2.41. The van der Waals surface area contributed by atoms with Gasteiger partial charge in [-0.25, -0.2) is 0 Å². The SMILES string of the molecule is CSc1c(NCC2CCOC2C)sc(C(N)=O)c1N. The fourth-order valence-corrected chi connectivity index (χ4v) is 4.09. The van der Waals surface area contributed by atoms with Gasteiger partial charge in [-0.05, 0) is 19.6 Å². The van der Waals surface area contributed by atoms with Gasteiger partial charge in [0.05, 0.1) is 16.7 Å². The fraction of sp³-hybridized carbons (Fsp3) is 0.583. The number of amides is 1. The van der Waals surface area contributed by atoms with Gasteiger partial charge in [-0.1, -0.05) is 0 Å². The molecular weight excluding hydrogens is 282 g/mol. The van der Waals surface area contributed by atoms with Crippen molar-refractivity contribution in [2.75, 3.05) is 30.5 Å². The number of anilines is 2. The first kappa shape index (κ1) is 14.5. The third-order valence-corrected chi connectivity index (χ3v) is 5.52. The van der Waals surface area contributed by atoms with Crippen molar-refractivity contribution < 1.29 is 9.53 Å². The van der Waals surface area contributed by atoms with E-state index in [9.17, 15) is 4.79 Å². The second-order valence-electron chi connectivity index (χ2n) is 4.58. The van der Waals surface area contributed by atoms with E-state index >= 15 is 0 Å². The molecule has 2 heterocycles. The number of nitrogens with one attached hydrogen (secondary N) is 1. The van der Waals surface area contributed by atoms with Crippen molar-refractivity contribution in [3.8, 4) is 0 Å². The van der Waals surface area contributed by atoms with Crippen LogP contribution in [0.5, 0.6) is 0 Å². The predicted molar refractivity (Wildman–Crippen MR) is 81.0 cm³/mol. The van der Waals surface area contributed by atoms with E-state index in [1.165, 1.54) is 23.1 Å². The molecule has 1 aromatic rings. The number of carbonyl (C=O) groups excluding carboxylic acids is 1. The van der Waals surface area contributed by atoms with Crippen molar-refractivity contribution in [3.05, 3.63) is 4.88 Å². The highest BCUT2D eigenvalue weighted by molar-refractivity contribution is 7.99. The number of rotatable bonds is 5. The number of carbonyl (C=O) groups is 1. The van der Waals surface area contributed by atoms with Crippen LogP contribution in [0.1, 0.15) is 23.0 Å². The van der Waals surface area contributed by atoms with Crippen molar-refractivity contribution in [2.45, 2.75) is 24.3 Å². The molecule has 1 aliphatic rings. The molecule has 0 bridgehead atoms. The molecule has 1 aromatic heterocycles. The predicted octanol–water partition coefficient (Wildman–Crippen LogP) is 1.99. The highest BCUT2D eigenvalue weighted by Gasteiger charge is 2.25. The van der Waals surface area contributed by atoms with Crippen LogP contribution in [0.2, 0.25) is 0 Å². The summed E-state index contributed by atoms with van der Waals surface area (Å²) < 4.78 is 5.54. The minimum atomic E-state index is -0.469. The molecule has 1 fully saturated rings. The first-order chi connectivity index (χ1) is 9.04. The minimum absolute atomic E-state index is 0.276. The molecule has 2 atom stereocenters. The van der Waals surface area contributed by atoms with Crippen LogP contribution in [-0.2, 0) is 4.74 Å². The van der Waals surface area contributed by atoms with Crippen molar-refractivity contribution >= 4 is 39.7 Å². The Balaban J connectivity index is 2.11. The summed E-state index contributed by atoms with van der Waals surface area (Å²) in [5.41, 5.74) is 11.8. The summed E-state index contributed by atoms with van der Waals surface area (Å²) in [5, 5.41) is 4.31. The standard InChI is InChI=1S/C12H19N3O2S2/c1-6-7(3-4-17-6)5-15-12-10(18-2)8(13)9(19-12)11(14)16/h6-7,15H,3-5,13H2,1-2H3,(H2,14,16). The average Bonchev–Trinajstić information content (AvgIpc) is 2.90. The van der Waals surface area contributed by atoms with Gasteiger partial charge < -0.3 is 21.5 Å². The summed E-state index contributed by atoms with van der Waals surface area (Å²) in [6.45, 7) is 3.74. The van der Waals surface area contributed by atoms with Crippen LogP contribution in [-0.4, -0.2) is 31.4 Å². The zero-order valence-electron chi connectivity index (χ0n) is 11.1. The fourth-order valence-electron chi connectivity index (χ4n) is 2.20. The van der Waals surface area contributed by atoms with E-state index in [0.717, 1.165) is 29.5 Å². The Morgan fingerprint density at radius 3 is 2.89 bits per heavy atom. The maximum Gasteiger partial charge on any atom is 0.261 e. The molecule has 106 valence electrons. The van der Waals surface area contributed by atoms with E-state index in [1.54, 1.807) is 0 Å². The van der Waals surface area contributed by atoms with Crippen LogP contribution in [0.25, 0.3) is 0 Å². The zero-order chi connectivity index (χ0) is 14.0. The molecule has 2 unspecified atom stereocenters. The second kappa shape index (κ2) is 6.02. The molecule has 0 saturated carbocycles. The maximum atomic E-state index is 11.3. The summed E-state index contributed by atoms with van der Waals surface area (Å²) in [6.07, 6.45) is 3.28. The molecule has 0 radical (unpaired) electrons. The van der Waals surface area contributed by atoms with Gasteiger partial charge in [-0.2, -0.15) is 0 Å². The smallest absolute Gasteiger partial charge is 0.261 e. The third kappa shape index (κ3) is 2.98. The van der Waals surface area contributed by atoms with Crippen LogP contribution in [0, 0.1) is 5.92 Å². The Kier molecular flexibility index (Phi) is 4.59. The van der Waals surface area contributed by atoms with Gasteiger partial charge in [-0.3, -0.25) is 4.79 Å². The topological polar surface area (TPSA) is 90.4 Å². The summed E-state index contributed by atoms with van der Waals surface area (Å²) in [5.74, 6) is 0.0264. The molecule has 1 amide bonds. The molecule has 0 spiro atoms. The number of nitrogens with two attached hydrogens (primary N) is 2. The van der Waals surface area contributed by atoms with Gasteiger partial charge in [-0.15, -0.1) is 23.1 Å². The Labute approximate surface area is 121 Å². The van der Waals surface area contributed by atoms with E-state index in [2.05, 4.69) is 12.2 Å². The second-order valence-corrected chi connectivity index (χ2v) is 6.41. The number of thiophene rings is 1. The Morgan fingerprint density at radius 1 is 1.63 bits per heavy atom. The number of nitrogen functional groups attached to an aromatic ring is 1. The summed E-state index contributed by atoms with van der Waals surface area (Å²) >= 11 is 2.86. The van der Waals surface area contributed by atoms with E-state index < -0.39 is 5.91 Å². The molecule has 0 aliphatic carbocycles. The minimum Gasteiger partial charge on any atom is -0.396 e. The van der Waals surface area contributed by atoms with E-state index in [1.807, 2.05) is 6.26 Å². The first-order valence-electron chi connectivity index (χ1n) is 6.16. The number of hydrogen-bond donors (Lipinski definition) is 3. The number of hydrogen-bond acceptors (Lipinski definition) is 6. The Bertz CT molecular complexity index is 476. The number of ether oxygens (including phenoxy) is 1. The van der Waals surface area contributed by atoms with Gasteiger partial charge in [0.15, 0.2) is 0 Å². The number of primary amides is 1. The molecular formula is C12H19N3O2S2. The quantitative estimate of drug-likeness (QED) is 0.724. The van der Waals surface area contributed by atoms with Gasteiger partial charge in [0.25, 0.3) is 5.91 Å². The van der Waals surface area contributed by atoms with Crippen LogP contribution in [0.3, 0.4) is 0 Å². The van der Waals surface area contributed by atoms with Crippen molar-refractivity contribution in [3.63, 3.8) is 0 Å². The molecule has 1 saturated heterocycles. The van der Waals surface area contributed by atoms with Crippen LogP contribution in [0.4, 0.5) is 10.7 Å². The van der Waals surface area contributed by atoms with E-state index in [4.69, 9.17) is 16.2 Å². The summed E-state index contributed by atoms with van der Waals surface area (Å²) in [7, 11) is 0. The van der Waals surface area contributed by atoms with Crippen LogP contribution < -0.4 is 16.8 Å². The Morgan fingerprint density at radius 2 is 2.37 bits per heavy atom. The maximum absolute atomic E-state index is 11.3. The summed E-state index contributed by atoms with van der Waals surface area (Å²) in [4.78, 5) is 12.7. The first-order valence-corrected chi connectivity index (χ1v) is 8.20. The molecule has 2 rings (SSSR count). The van der Waals surface area contributed by atoms with Gasteiger partial charge in [0.2, 0.25) is 0 Å². The molecule has 0 aromatic carbocycles. The lowest BCUT2D eigenvalue weighted by Gasteiger charge is -2.15. The molecule has 7 heteroatoms. The zero-order valence-corrected chi connectivity index (χ0v) is 12.7. The normalized spacial score (nSPS) is 22.6. The lowest BCUT2D eigenvalue weighted by molar-refractivity contribution is 0.100. The third-order valence-electron chi connectivity index (χ3n) is 3.39. The van der Waals surface area contributed by atoms with Crippen molar-refractivity contribution in [1.82, 2.24) is 0 Å².